The average molecular weight is 376 g/mol. The molecule has 0 spiro atoms. The maximum absolute atomic E-state index is 6.08. The normalized spacial score (nSPS) is 11.9. The Labute approximate surface area is 166 Å². The van der Waals surface area contributed by atoms with Crippen molar-refractivity contribution in [3.63, 3.8) is 0 Å². The Morgan fingerprint density at radius 1 is 1.04 bits per heavy atom. The molecule has 2 aromatic heterocycles. The third-order valence-corrected chi connectivity index (χ3v) is 5.90. The van der Waals surface area contributed by atoms with Crippen molar-refractivity contribution in [2.75, 3.05) is 26.2 Å². The summed E-state index contributed by atoms with van der Waals surface area (Å²) < 4.78 is 8.38. The van der Waals surface area contributed by atoms with E-state index in [4.69, 9.17) is 4.74 Å². The Balaban J connectivity index is 1.68. The number of ether oxygens (including phenoxy) is 1. The number of hydrogen-bond acceptors (Lipinski definition) is 3. The predicted octanol–water partition coefficient (Wildman–Crippen LogP) is 5.30. The Morgan fingerprint density at radius 2 is 1.86 bits per heavy atom. The van der Waals surface area contributed by atoms with Gasteiger partial charge in [-0.05, 0) is 67.7 Å². The lowest BCUT2D eigenvalue weighted by atomic mass is 10.0. The van der Waals surface area contributed by atoms with Gasteiger partial charge in [-0.3, -0.25) is 4.98 Å². The maximum Gasteiger partial charge on any atom is 0.120 e. The molecule has 0 aliphatic heterocycles. The average Bonchev–Trinajstić information content (AvgIpc) is 3.00. The fraction of sp³-hybridized carbons (Fsp3) is 0.375. The lowest BCUT2D eigenvalue weighted by Gasteiger charge is -2.17. The zero-order valence-corrected chi connectivity index (χ0v) is 17.3. The molecule has 4 nitrogen and oxygen atoms in total. The van der Waals surface area contributed by atoms with E-state index < -0.39 is 0 Å². The highest BCUT2D eigenvalue weighted by atomic mass is 16.5. The molecular formula is C24H29N3O. The highest BCUT2D eigenvalue weighted by Gasteiger charge is 2.14. The summed E-state index contributed by atoms with van der Waals surface area (Å²) in [5.74, 6) is 0.948. The van der Waals surface area contributed by atoms with Crippen LogP contribution in [0.1, 0.15) is 25.8 Å². The quantitative estimate of drug-likeness (QED) is 0.411. The molecule has 0 N–H and O–H groups in total. The van der Waals surface area contributed by atoms with Crippen LogP contribution in [-0.4, -0.2) is 40.7 Å². The summed E-state index contributed by atoms with van der Waals surface area (Å²) in [7, 11) is 2.15. The van der Waals surface area contributed by atoms with Crippen molar-refractivity contribution >= 4 is 32.6 Å². The number of nitrogens with zero attached hydrogens (tertiary/aromatic N) is 3. The van der Waals surface area contributed by atoms with Gasteiger partial charge in [0.15, 0.2) is 0 Å². The van der Waals surface area contributed by atoms with E-state index in [1.165, 1.54) is 38.1 Å². The molecule has 0 bridgehead atoms. The van der Waals surface area contributed by atoms with Gasteiger partial charge in [-0.2, -0.15) is 0 Å². The molecule has 0 saturated heterocycles. The van der Waals surface area contributed by atoms with E-state index in [9.17, 15) is 0 Å². The van der Waals surface area contributed by atoms with Gasteiger partial charge in [-0.15, -0.1) is 0 Å². The molecule has 0 atom stereocenters. The summed E-state index contributed by atoms with van der Waals surface area (Å²) in [5.41, 5.74) is 3.82. The first-order chi connectivity index (χ1) is 13.6. The van der Waals surface area contributed by atoms with Gasteiger partial charge in [0.2, 0.25) is 0 Å². The smallest absolute Gasteiger partial charge is 0.120 e. The van der Waals surface area contributed by atoms with Crippen LogP contribution in [0.5, 0.6) is 5.75 Å². The van der Waals surface area contributed by atoms with Crippen molar-refractivity contribution in [2.24, 2.45) is 7.05 Å². The number of pyridine rings is 1. The number of benzene rings is 2. The molecule has 0 amide bonds. The second kappa shape index (κ2) is 7.80. The van der Waals surface area contributed by atoms with Crippen LogP contribution < -0.4 is 4.74 Å². The van der Waals surface area contributed by atoms with E-state index in [0.717, 1.165) is 38.4 Å². The number of rotatable bonds is 7. The highest BCUT2D eigenvalue weighted by molar-refractivity contribution is 6.14. The van der Waals surface area contributed by atoms with Crippen LogP contribution >= 0.6 is 0 Å². The zero-order valence-electron chi connectivity index (χ0n) is 17.3. The molecule has 0 fully saturated rings. The fourth-order valence-corrected chi connectivity index (χ4v) is 4.31. The van der Waals surface area contributed by atoms with Crippen LogP contribution in [0.3, 0.4) is 0 Å². The molecule has 4 heteroatoms. The van der Waals surface area contributed by atoms with Crippen LogP contribution in [0.4, 0.5) is 0 Å². The van der Waals surface area contributed by atoms with Crippen LogP contribution in [0.15, 0.2) is 42.7 Å². The van der Waals surface area contributed by atoms with Gasteiger partial charge >= 0.3 is 0 Å². The molecule has 0 radical (unpaired) electrons. The minimum atomic E-state index is 0.749. The standard InChI is InChI=1S/C24H29N3O/c1-5-27(6-2)12-7-13-28-19-8-9-23-21(15-19)22-14-18-16-25-11-10-20(18)17(3)24(22)26(23)4/h8-11,14-16H,5-7,12-13H2,1-4H3. The Hall–Kier alpha value is -2.59. The van der Waals surface area contributed by atoms with Crippen molar-refractivity contribution in [2.45, 2.75) is 27.2 Å². The Morgan fingerprint density at radius 3 is 2.64 bits per heavy atom. The molecule has 28 heavy (non-hydrogen) atoms. The summed E-state index contributed by atoms with van der Waals surface area (Å²) in [6.07, 6.45) is 4.87. The number of aromatic nitrogens is 2. The second-order valence-corrected chi connectivity index (χ2v) is 7.46. The van der Waals surface area contributed by atoms with Crippen molar-refractivity contribution in [1.82, 2.24) is 14.5 Å². The number of fused-ring (bicyclic) bond motifs is 4. The van der Waals surface area contributed by atoms with E-state index in [-0.39, 0.29) is 0 Å². The van der Waals surface area contributed by atoms with Crippen molar-refractivity contribution in [3.05, 3.63) is 48.3 Å². The van der Waals surface area contributed by atoms with Crippen LogP contribution in [0.2, 0.25) is 0 Å². The van der Waals surface area contributed by atoms with Crippen LogP contribution in [-0.2, 0) is 7.05 Å². The van der Waals surface area contributed by atoms with Crippen LogP contribution in [0.25, 0.3) is 32.6 Å². The maximum atomic E-state index is 6.08. The van der Waals surface area contributed by atoms with Crippen molar-refractivity contribution < 1.29 is 4.74 Å². The summed E-state index contributed by atoms with van der Waals surface area (Å²) in [5, 5.41) is 4.96. The minimum absolute atomic E-state index is 0.749. The highest BCUT2D eigenvalue weighted by Crippen LogP contribution is 2.36. The molecule has 0 unspecified atom stereocenters. The topological polar surface area (TPSA) is 30.3 Å². The van der Waals surface area contributed by atoms with Gasteiger partial charge in [-0.1, -0.05) is 13.8 Å². The molecule has 4 rings (SSSR count). The summed E-state index contributed by atoms with van der Waals surface area (Å²) in [6, 6.07) is 10.8. The first kappa shape index (κ1) is 18.8. The van der Waals surface area contributed by atoms with Crippen molar-refractivity contribution in [3.8, 4) is 5.75 Å². The monoisotopic (exact) mass is 375 g/mol. The third-order valence-electron chi connectivity index (χ3n) is 5.90. The van der Waals surface area contributed by atoms with Gasteiger partial charge in [0.25, 0.3) is 0 Å². The molecule has 146 valence electrons. The molecule has 4 aromatic rings. The Kier molecular flexibility index (Phi) is 5.23. The van der Waals surface area contributed by atoms with E-state index >= 15 is 0 Å². The summed E-state index contributed by atoms with van der Waals surface area (Å²) in [6.45, 7) is 10.6. The predicted molar refractivity (Wildman–Crippen MR) is 118 cm³/mol. The SMILES string of the molecule is CCN(CC)CCCOc1ccc2c(c1)c1cc3cnccc3c(C)c1n2C. The summed E-state index contributed by atoms with van der Waals surface area (Å²) in [4.78, 5) is 6.74. The van der Waals surface area contributed by atoms with Gasteiger partial charge in [-0.25, -0.2) is 0 Å². The van der Waals surface area contributed by atoms with Gasteiger partial charge < -0.3 is 14.2 Å². The molecule has 2 aromatic carbocycles. The first-order valence-electron chi connectivity index (χ1n) is 10.2. The van der Waals surface area contributed by atoms with E-state index in [1.54, 1.807) is 0 Å². The van der Waals surface area contributed by atoms with E-state index in [2.05, 4.69) is 72.6 Å². The van der Waals surface area contributed by atoms with Gasteiger partial charge in [0.05, 0.1) is 12.1 Å². The summed E-state index contributed by atoms with van der Waals surface area (Å²) >= 11 is 0. The van der Waals surface area contributed by atoms with Crippen LogP contribution in [0, 0.1) is 6.92 Å². The largest absolute Gasteiger partial charge is 0.494 e. The molecule has 0 aliphatic carbocycles. The molecule has 0 saturated carbocycles. The third kappa shape index (κ3) is 3.22. The lowest BCUT2D eigenvalue weighted by molar-refractivity contribution is 0.249. The van der Waals surface area contributed by atoms with Gasteiger partial charge in [0, 0.05) is 47.7 Å². The van der Waals surface area contributed by atoms with E-state index in [1.807, 2.05) is 12.4 Å². The first-order valence-corrected chi connectivity index (χ1v) is 10.2. The minimum Gasteiger partial charge on any atom is -0.494 e. The zero-order chi connectivity index (χ0) is 19.7. The lowest BCUT2D eigenvalue weighted by Crippen LogP contribution is -2.25. The number of aryl methyl sites for hydroxylation is 2. The van der Waals surface area contributed by atoms with Crippen molar-refractivity contribution in [1.29, 1.82) is 0 Å². The molecular weight excluding hydrogens is 346 g/mol. The molecule has 2 heterocycles. The molecule has 0 aliphatic rings. The number of hydrogen-bond donors (Lipinski definition) is 0. The van der Waals surface area contributed by atoms with E-state index in [0.29, 0.717) is 0 Å². The fourth-order valence-electron chi connectivity index (χ4n) is 4.31. The van der Waals surface area contributed by atoms with Gasteiger partial charge in [0.1, 0.15) is 5.75 Å². The second-order valence-electron chi connectivity index (χ2n) is 7.46. The Bertz CT molecular complexity index is 1130.